The Kier molecular flexibility index (Phi) is 6.19. The Labute approximate surface area is 180 Å². The van der Waals surface area contributed by atoms with Gasteiger partial charge in [-0.05, 0) is 35.8 Å². The van der Waals surface area contributed by atoms with Gasteiger partial charge in [-0.3, -0.25) is 14.5 Å². The van der Waals surface area contributed by atoms with Crippen LogP contribution in [0.25, 0.3) is 0 Å². The summed E-state index contributed by atoms with van der Waals surface area (Å²) in [5.74, 6) is 0.367. The third kappa shape index (κ3) is 5.34. The minimum absolute atomic E-state index is 0.00641. The van der Waals surface area contributed by atoms with E-state index in [-0.39, 0.29) is 28.4 Å². The van der Waals surface area contributed by atoms with Crippen molar-refractivity contribution in [3.8, 4) is 5.75 Å². The highest BCUT2D eigenvalue weighted by Gasteiger charge is 2.30. The molecule has 1 aliphatic carbocycles. The number of aromatic hydroxyl groups is 1. The lowest BCUT2D eigenvalue weighted by Crippen LogP contribution is -2.51. The average molecular weight is 416 g/mol. The summed E-state index contributed by atoms with van der Waals surface area (Å²) in [6.45, 7) is 15.3. The Morgan fingerprint density at radius 3 is 1.90 bits per heavy atom. The molecule has 30 heavy (non-hydrogen) atoms. The van der Waals surface area contributed by atoms with Crippen LogP contribution >= 0.6 is 0 Å². The van der Waals surface area contributed by atoms with Crippen molar-refractivity contribution >= 4 is 11.8 Å². The van der Waals surface area contributed by atoms with Gasteiger partial charge in [0.15, 0.2) is 0 Å². The van der Waals surface area contributed by atoms with E-state index in [1.165, 1.54) is 0 Å². The van der Waals surface area contributed by atoms with E-state index in [1.54, 1.807) is 0 Å². The Hall–Kier alpha value is -2.08. The van der Waals surface area contributed by atoms with E-state index in [1.807, 2.05) is 58.6 Å². The number of piperazine rings is 1. The first-order chi connectivity index (χ1) is 13.9. The molecule has 6 nitrogen and oxygen atoms in total. The maximum absolute atomic E-state index is 13.3. The van der Waals surface area contributed by atoms with Crippen molar-refractivity contribution in [3.05, 3.63) is 28.8 Å². The van der Waals surface area contributed by atoms with Crippen LogP contribution in [0.3, 0.4) is 0 Å². The lowest BCUT2D eigenvalue weighted by atomic mass is 9.78. The summed E-state index contributed by atoms with van der Waals surface area (Å²) in [6.07, 6.45) is 2.18. The zero-order chi connectivity index (χ0) is 22.3. The summed E-state index contributed by atoms with van der Waals surface area (Å²) < 4.78 is 0. The van der Waals surface area contributed by atoms with Gasteiger partial charge in [-0.1, -0.05) is 41.5 Å². The van der Waals surface area contributed by atoms with Gasteiger partial charge >= 0.3 is 0 Å². The summed E-state index contributed by atoms with van der Waals surface area (Å²) in [7, 11) is 0. The normalized spacial score (nSPS) is 18.4. The zero-order valence-corrected chi connectivity index (χ0v) is 19.3. The van der Waals surface area contributed by atoms with Crippen LogP contribution in [-0.2, 0) is 15.6 Å². The number of phenols is 1. The lowest BCUT2D eigenvalue weighted by Gasteiger charge is -2.35. The second-order valence-corrected chi connectivity index (χ2v) is 10.8. The molecule has 1 saturated heterocycles. The van der Waals surface area contributed by atoms with Crippen molar-refractivity contribution in [3.63, 3.8) is 0 Å². The molecule has 0 bridgehead atoms. The molecular formula is C24H37N3O3. The fourth-order valence-corrected chi connectivity index (χ4v) is 3.90. The number of benzene rings is 1. The number of carbonyl (C=O) groups excluding carboxylic acids is 2. The molecule has 3 rings (SSSR count). The van der Waals surface area contributed by atoms with Gasteiger partial charge in [-0.15, -0.1) is 0 Å². The molecule has 0 aromatic heterocycles. The molecule has 0 atom stereocenters. The minimum Gasteiger partial charge on any atom is -0.507 e. The third-order valence-electron chi connectivity index (χ3n) is 5.94. The van der Waals surface area contributed by atoms with Crippen molar-refractivity contribution in [2.75, 3.05) is 32.7 Å². The lowest BCUT2D eigenvalue weighted by molar-refractivity contribution is -0.122. The molecule has 2 amide bonds. The van der Waals surface area contributed by atoms with E-state index < -0.39 is 0 Å². The van der Waals surface area contributed by atoms with E-state index in [9.17, 15) is 14.7 Å². The van der Waals surface area contributed by atoms with E-state index in [4.69, 9.17) is 0 Å². The summed E-state index contributed by atoms with van der Waals surface area (Å²) >= 11 is 0. The summed E-state index contributed by atoms with van der Waals surface area (Å²) in [5.41, 5.74) is 1.69. The zero-order valence-electron chi connectivity index (χ0n) is 19.3. The van der Waals surface area contributed by atoms with Crippen molar-refractivity contribution < 1.29 is 14.7 Å². The van der Waals surface area contributed by atoms with Gasteiger partial charge in [0.25, 0.3) is 5.91 Å². The molecule has 0 radical (unpaired) electrons. The molecule has 0 spiro atoms. The minimum atomic E-state index is -0.270. The fourth-order valence-electron chi connectivity index (χ4n) is 3.90. The molecule has 166 valence electrons. The molecule has 2 fully saturated rings. The van der Waals surface area contributed by atoms with Crippen molar-refractivity contribution in [2.45, 2.75) is 71.3 Å². The summed E-state index contributed by atoms with van der Waals surface area (Å²) in [5, 5.41) is 13.9. The predicted molar refractivity (Wildman–Crippen MR) is 119 cm³/mol. The van der Waals surface area contributed by atoms with Crippen molar-refractivity contribution in [2.24, 2.45) is 0 Å². The quantitative estimate of drug-likeness (QED) is 0.793. The van der Waals surface area contributed by atoms with E-state index >= 15 is 0 Å². The molecule has 1 aromatic rings. The highest BCUT2D eigenvalue weighted by atomic mass is 16.3. The number of hydrogen-bond acceptors (Lipinski definition) is 4. The molecular weight excluding hydrogens is 378 g/mol. The maximum Gasteiger partial charge on any atom is 0.253 e. The molecule has 6 heteroatoms. The van der Waals surface area contributed by atoms with Gasteiger partial charge in [0.1, 0.15) is 5.75 Å². The molecule has 0 unspecified atom stereocenters. The largest absolute Gasteiger partial charge is 0.507 e. The highest BCUT2D eigenvalue weighted by molar-refractivity contribution is 5.95. The maximum atomic E-state index is 13.3. The van der Waals surface area contributed by atoms with E-state index in [2.05, 4.69) is 10.2 Å². The number of nitrogens with one attached hydrogen (secondary N) is 1. The van der Waals surface area contributed by atoms with Gasteiger partial charge in [0, 0.05) is 48.9 Å². The summed E-state index contributed by atoms with van der Waals surface area (Å²) in [4.78, 5) is 29.3. The predicted octanol–water partition coefficient (Wildman–Crippen LogP) is 3.02. The molecule has 1 saturated carbocycles. The first-order valence-corrected chi connectivity index (χ1v) is 11.1. The van der Waals surface area contributed by atoms with Crippen LogP contribution in [0.2, 0.25) is 0 Å². The third-order valence-corrected chi connectivity index (χ3v) is 5.94. The van der Waals surface area contributed by atoms with Gasteiger partial charge in [0.2, 0.25) is 5.91 Å². The summed E-state index contributed by atoms with van der Waals surface area (Å²) in [6, 6.07) is 4.08. The number of nitrogens with zero attached hydrogens (tertiary/aromatic N) is 2. The van der Waals surface area contributed by atoms with Crippen LogP contribution in [0.15, 0.2) is 12.1 Å². The van der Waals surface area contributed by atoms with E-state index in [0.717, 1.165) is 24.0 Å². The number of amides is 2. The van der Waals surface area contributed by atoms with Gasteiger partial charge in [0.05, 0.1) is 6.54 Å². The topological polar surface area (TPSA) is 72.9 Å². The number of rotatable bonds is 4. The number of phenolic OH excluding ortho intramolecular Hbond substituents is 1. The van der Waals surface area contributed by atoms with Crippen LogP contribution in [-0.4, -0.2) is 65.5 Å². The fraction of sp³-hybridized carbons (Fsp3) is 0.667. The van der Waals surface area contributed by atoms with Gasteiger partial charge < -0.3 is 15.3 Å². The van der Waals surface area contributed by atoms with Crippen LogP contribution in [0, 0.1) is 0 Å². The first kappa shape index (κ1) is 22.6. The van der Waals surface area contributed by atoms with Crippen LogP contribution < -0.4 is 5.32 Å². The average Bonchev–Trinajstić information content (AvgIpc) is 3.43. The van der Waals surface area contributed by atoms with Crippen LogP contribution in [0.4, 0.5) is 0 Å². The Bertz CT molecular complexity index is 773. The SMILES string of the molecule is CC(C)(C)c1cc(C(=O)N2CCN(CC(=O)NC3CC3)CC2)cc(C(C)(C)C)c1O. The van der Waals surface area contributed by atoms with Crippen molar-refractivity contribution in [1.29, 1.82) is 0 Å². The van der Waals surface area contributed by atoms with Gasteiger partial charge in [-0.25, -0.2) is 0 Å². The molecule has 2 aliphatic rings. The second-order valence-electron chi connectivity index (χ2n) is 10.8. The number of hydrogen-bond donors (Lipinski definition) is 2. The molecule has 1 heterocycles. The standard InChI is InChI=1S/C24H37N3O3/c1-23(2,3)18-13-16(14-19(21(18)29)24(4,5)6)22(30)27-11-9-26(10-12-27)15-20(28)25-17-7-8-17/h13-14,17,29H,7-12,15H2,1-6H3,(H,25,28). The second kappa shape index (κ2) is 8.22. The molecule has 2 N–H and O–H groups in total. The van der Waals surface area contributed by atoms with Crippen molar-refractivity contribution in [1.82, 2.24) is 15.1 Å². The number of carbonyl (C=O) groups is 2. The van der Waals surface area contributed by atoms with Gasteiger partial charge in [-0.2, -0.15) is 0 Å². The molecule has 1 aromatic carbocycles. The Balaban J connectivity index is 1.72. The highest BCUT2D eigenvalue weighted by Crippen LogP contribution is 2.40. The Morgan fingerprint density at radius 1 is 0.967 bits per heavy atom. The molecule has 1 aliphatic heterocycles. The van der Waals surface area contributed by atoms with Crippen LogP contribution in [0.5, 0.6) is 5.75 Å². The monoisotopic (exact) mass is 415 g/mol. The first-order valence-electron chi connectivity index (χ1n) is 11.1. The van der Waals surface area contributed by atoms with Crippen LogP contribution in [0.1, 0.15) is 75.9 Å². The van der Waals surface area contributed by atoms with E-state index in [0.29, 0.717) is 44.3 Å². The Morgan fingerprint density at radius 2 is 1.47 bits per heavy atom. The smallest absolute Gasteiger partial charge is 0.253 e.